The maximum Gasteiger partial charge on any atom is 0.193 e. The summed E-state index contributed by atoms with van der Waals surface area (Å²) in [4.78, 5) is 6.28. The summed E-state index contributed by atoms with van der Waals surface area (Å²) < 4.78 is 25.7. The standard InChI is InChI=1S/C21H27FN4O2/c1-3-26(4-2)18-8-6-15(12-17(18)22)14-24-21(23)25-16-7-9-19-20(13-16)28-11-5-10-27-19/h6-9,12-13H,3-5,10-11,14H2,1-2H3,(H3,23,24,25). The summed E-state index contributed by atoms with van der Waals surface area (Å²) in [5.74, 6) is 1.42. The van der Waals surface area contributed by atoms with Crippen LogP contribution in [-0.4, -0.2) is 32.3 Å². The summed E-state index contributed by atoms with van der Waals surface area (Å²) in [5.41, 5.74) is 8.11. The number of halogens is 1. The van der Waals surface area contributed by atoms with Gasteiger partial charge in [-0.15, -0.1) is 0 Å². The molecule has 0 unspecified atom stereocenters. The van der Waals surface area contributed by atoms with E-state index in [1.54, 1.807) is 6.07 Å². The number of hydrogen-bond acceptors (Lipinski definition) is 4. The molecule has 150 valence electrons. The second-order valence-electron chi connectivity index (χ2n) is 6.50. The van der Waals surface area contributed by atoms with Gasteiger partial charge in [-0.1, -0.05) is 6.07 Å². The molecule has 0 radical (unpaired) electrons. The van der Waals surface area contributed by atoms with Crippen LogP contribution in [0.3, 0.4) is 0 Å². The van der Waals surface area contributed by atoms with Gasteiger partial charge in [-0.2, -0.15) is 0 Å². The van der Waals surface area contributed by atoms with E-state index in [1.807, 2.05) is 43.0 Å². The highest BCUT2D eigenvalue weighted by Gasteiger charge is 2.11. The van der Waals surface area contributed by atoms with Crippen LogP contribution in [0.4, 0.5) is 15.8 Å². The molecule has 0 spiro atoms. The van der Waals surface area contributed by atoms with Gasteiger partial charge >= 0.3 is 0 Å². The zero-order valence-corrected chi connectivity index (χ0v) is 16.4. The predicted molar refractivity (Wildman–Crippen MR) is 111 cm³/mol. The summed E-state index contributed by atoms with van der Waals surface area (Å²) in [5, 5.41) is 3.04. The summed E-state index contributed by atoms with van der Waals surface area (Å²) in [6.07, 6.45) is 0.852. The fourth-order valence-electron chi connectivity index (χ4n) is 3.07. The molecule has 0 fully saturated rings. The molecule has 1 aliphatic rings. The van der Waals surface area contributed by atoms with Gasteiger partial charge in [-0.05, 0) is 43.7 Å². The third-order valence-electron chi connectivity index (χ3n) is 4.57. The van der Waals surface area contributed by atoms with Crippen LogP contribution in [0.1, 0.15) is 25.8 Å². The zero-order valence-electron chi connectivity index (χ0n) is 16.4. The van der Waals surface area contributed by atoms with Gasteiger partial charge in [0.05, 0.1) is 25.4 Å². The van der Waals surface area contributed by atoms with Gasteiger partial charge in [0.15, 0.2) is 17.5 Å². The summed E-state index contributed by atoms with van der Waals surface area (Å²) in [6.45, 7) is 7.09. The Morgan fingerprint density at radius 2 is 1.86 bits per heavy atom. The maximum absolute atomic E-state index is 14.4. The number of hydrogen-bond donors (Lipinski definition) is 2. The molecule has 0 aromatic heterocycles. The topological polar surface area (TPSA) is 72.1 Å². The fraction of sp³-hybridized carbons (Fsp3) is 0.381. The van der Waals surface area contributed by atoms with Crippen LogP contribution in [0.5, 0.6) is 11.5 Å². The quantitative estimate of drug-likeness (QED) is 0.584. The highest BCUT2D eigenvalue weighted by molar-refractivity contribution is 5.92. The minimum atomic E-state index is -0.245. The largest absolute Gasteiger partial charge is 0.490 e. The molecule has 6 nitrogen and oxygen atoms in total. The van der Waals surface area contributed by atoms with Crippen LogP contribution >= 0.6 is 0 Å². The van der Waals surface area contributed by atoms with Crippen molar-refractivity contribution in [2.24, 2.45) is 10.7 Å². The van der Waals surface area contributed by atoms with E-state index >= 15 is 0 Å². The molecule has 0 saturated carbocycles. The molecular weight excluding hydrogens is 359 g/mol. The highest BCUT2D eigenvalue weighted by Crippen LogP contribution is 2.32. The Kier molecular flexibility index (Phi) is 6.57. The Bertz CT molecular complexity index is 837. The predicted octanol–water partition coefficient (Wildman–Crippen LogP) is 3.76. The number of nitrogens with zero attached hydrogens (tertiary/aromatic N) is 2. The molecule has 0 saturated heterocycles. The third-order valence-corrected chi connectivity index (χ3v) is 4.57. The molecule has 0 atom stereocenters. The number of aliphatic imine (C=N–C) groups is 1. The Labute approximate surface area is 165 Å². The molecule has 7 heteroatoms. The lowest BCUT2D eigenvalue weighted by molar-refractivity contribution is 0.297. The molecule has 0 amide bonds. The zero-order chi connectivity index (χ0) is 19.9. The monoisotopic (exact) mass is 386 g/mol. The van der Waals surface area contributed by atoms with E-state index in [0.717, 1.165) is 36.5 Å². The molecule has 1 heterocycles. The summed E-state index contributed by atoms with van der Waals surface area (Å²) >= 11 is 0. The number of benzene rings is 2. The van der Waals surface area contributed by atoms with E-state index in [0.29, 0.717) is 31.2 Å². The molecular formula is C21H27FN4O2. The first-order chi connectivity index (χ1) is 13.6. The summed E-state index contributed by atoms with van der Waals surface area (Å²) in [7, 11) is 0. The van der Waals surface area contributed by atoms with E-state index in [9.17, 15) is 4.39 Å². The van der Waals surface area contributed by atoms with Crippen molar-refractivity contribution >= 4 is 17.3 Å². The Morgan fingerprint density at radius 3 is 2.57 bits per heavy atom. The second kappa shape index (κ2) is 9.30. The Morgan fingerprint density at radius 1 is 1.11 bits per heavy atom. The normalized spacial score (nSPS) is 13.8. The first kappa shape index (κ1) is 19.8. The van der Waals surface area contributed by atoms with E-state index < -0.39 is 0 Å². The van der Waals surface area contributed by atoms with Gasteiger partial charge in [0.1, 0.15) is 5.82 Å². The second-order valence-corrected chi connectivity index (χ2v) is 6.50. The smallest absolute Gasteiger partial charge is 0.193 e. The number of nitrogens with two attached hydrogens (primary N) is 1. The van der Waals surface area contributed by atoms with Gasteiger partial charge in [0.25, 0.3) is 0 Å². The average molecular weight is 386 g/mol. The SMILES string of the molecule is CCN(CC)c1ccc(CN=C(N)Nc2ccc3c(c2)OCCCO3)cc1F. The molecule has 3 rings (SSSR count). The number of rotatable bonds is 6. The Balaban J connectivity index is 1.64. The van der Waals surface area contributed by atoms with E-state index in [2.05, 4.69) is 10.3 Å². The lowest BCUT2D eigenvalue weighted by atomic mass is 10.2. The lowest BCUT2D eigenvalue weighted by Crippen LogP contribution is -2.23. The molecule has 2 aromatic rings. The molecule has 0 bridgehead atoms. The van der Waals surface area contributed by atoms with Crippen molar-refractivity contribution in [1.82, 2.24) is 0 Å². The van der Waals surface area contributed by atoms with Crippen molar-refractivity contribution in [3.63, 3.8) is 0 Å². The highest BCUT2D eigenvalue weighted by atomic mass is 19.1. The minimum absolute atomic E-state index is 0.245. The van der Waals surface area contributed by atoms with Crippen molar-refractivity contribution in [2.45, 2.75) is 26.8 Å². The molecule has 1 aliphatic heterocycles. The molecule has 2 aromatic carbocycles. The van der Waals surface area contributed by atoms with Gasteiger partial charge in [-0.25, -0.2) is 9.38 Å². The van der Waals surface area contributed by atoms with Crippen molar-refractivity contribution in [2.75, 3.05) is 36.5 Å². The van der Waals surface area contributed by atoms with Crippen molar-refractivity contribution in [3.8, 4) is 11.5 Å². The first-order valence-corrected chi connectivity index (χ1v) is 9.60. The van der Waals surface area contributed by atoms with E-state index in [-0.39, 0.29) is 11.8 Å². The summed E-state index contributed by atoms with van der Waals surface area (Å²) in [6, 6.07) is 10.7. The lowest BCUT2D eigenvalue weighted by Gasteiger charge is -2.21. The van der Waals surface area contributed by atoms with Crippen LogP contribution in [-0.2, 0) is 6.54 Å². The van der Waals surface area contributed by atoms with E-state index in [4.69, 9.17) is 15.2 Å². The number of nitrogens with one attached hydrogen (secondary N) is 1. The number of guanidine groups is 1. The van der Waals surface area contributed by atoms with E-state index in [1.165, 1.54) is 6.07 Å². The fourth-order valence-corrected chi connectivity index (χ4v) is 3.07. The first-order valence-electron chi connectivity index (χ1n) is 9.60. The van der Waals surface area contributed by atoms with Crippen LogP contribution in [0.2, 0.25) is 0 Å². The number of ether oxygens (including phenoxy) is 2. The molecule has 28 heavy (non-hydrogen) atoms. The number of anilines is 2. The van der Waals surface area contributed by atoms with Crippen LogP contribution < -0.4 is 25.4 Å². The van der Waals surface area contributed by atoms with Gasteiger partial charge in [-0.3, -0.25) is 0 Å². The Hall–Kier alpha value is -2.96. The minimum Gasteiger partial charge on any atom is -0.490 e. The molecule has 0 aliphatic carbocycles. The maximum atomic E-state index is 14.4. The third kappa shape index (κ3) is 4.85. The molecule has 3 N–H and O–H groups in total. The van der Waals surface area contributed by atoms with Gasteiger partial charge < -0.3 is 25.4 Å². The number of fused-ring (bicyclic) bond motifs is 1. The van der Waals surface area contributed by atoms with Crippen molar-refractivity contribution < 1.29 is 13.9 Å². The van der Waals surface area contributed by atoms with Crippen LogP contribution in [0.25, 0.3) is 0 Å². The van der Waals surface area contributed by atoms with Crippen molar-refractivity contribution in [3.05, 3.63) is 47.8 Å². The van der Waals surface area contributed by atoms with Crippen molar-refractivity contribution in [1.29, 1.82) is 0 Å². The average Bonchev–Trinajstić information content (AvgIpc) is 2.93. The van der Waals surface area contributed by atoms with Gasteiger partial charge in [0, 0.05) is 31.3 Å². The van der Waals surface area contributed by atoms with Gasteiger partial charge in [0.2, 0.25) is 0 Å². The van der Waals surface area contributed by atoms with Crippen LogP contribution in [0.15, 0.2) is 41.4 Å². The van der Waals surface area contributed by atoms with Crippen LogP contribution in [0, 0.1) is 5.82 Å².